The number of Topliss-reactive ketones (excluding diaryl/α,β-unsaturated/α-hetero) is 1. The molecule has 142 valence electrons. The van der Waals surface area contributed by atoms with Gasteiger partial charge in [0.1, 0.15) is 5.75 Å². The zero-order valence-electron chi connectivity index (χ0n) is 15.0. The first-order valence-electron chi connectivity index (χ1n) is 8.58. The van der Waals surface area contributed by atoms with E-state index in [4.69, 9.17) is 9.15 Å². The number of benzene rings is 1. The van der Waals surface area contributed by atoms with Crippen molar-refractivity contribution in [3.05, 3.63) is 87.7 Å². The first-order valence-corrected chi connectivity index (χ1v) is 9.46. The first kappa shape index (κ1) is 18.1. The van der Waals surface area contributed by atoms with Crippen LogP contribution < -0.4 is 4.74 Å². The number of aliphatic hydroxyl groups excluding tert-OH is 1. The fourth-order valence-electron chi connectivity index (χ4n) is 3.32. The van der Waals surface area contributed by atoms with Gasteiger partial charge in [0, 0.05) is 4.88 Å². The van der Waals surface area contributed by atoms with E-state index in [1.165, 1.54) is 28.6 Å². The van der Waals surface area contributed by atoms with E-state index in [9.17, 15) is 14.7 Å². The highest BCUT2D eigenvalue weighted by Gasteiger charge is 2.44. The number of hydrogen-bond acceptors (Lipinski definition) is 6. The highest BCUT2D eigenvalue weighted by atomic mass is 32.1. The Balaban J connectivity index is 1.81. The Labute approximate surface area is 165 Å². The van der Waals surface area contributed by atoms with E-state index in [0.29, 0.717) is 11.3 Å². The number of ketones is 1. The van der Waals surface area contributed by atoms with Crippen LogP contribution >= 0.6 is 11.3 Å². The fourth-order valence-corrected chi connectivity index (χ4v) is 4.02. The smallest absolute Gasteiger partial charge is 0.290 e. The number of rotatable bonds is 6. The van der Waals surface area contributed by atoms with Gasteiger partial charge in [-0.05, 0) is 41.3 Å². The van der Waals surface area contributed by atoms with Crippen LogP contribution in [0.15, 0.2) is 75.9 Å². The average molecular weight is 395 g/mol. The molecule has 3 aromatic rings. The Bertz CT molecular complexity index is 1040. The van der Waals surface area contributed by atoms with Crippen molar-refractivity contribution >= 4 is 23.0 Å². The van der Waals surface area contributed by atoms with Crippen molar-refractivity contribution in [3.63, 3.8) is 0 Å². The molecular formula is C21H17NO5S. The summed E-state index contributed by atoms with van der Waals surface area (Å²) < 4.78 is 10.5. The Morgan fingerprint density at radius 2 is 2.11 bits per heavy atom. The van der Waals surface area contributed by atoms with Crippen molar-refractivity contribution in [2.24, 2.45) is 0 Å². The van der Waals surface area contributed by atoms with Gasteiger partial charge in [0.15, 0.2) is 11.5 Å². The van der Waals surface area contributed by atoms with Crippen molar-refractivity contribution in [1.29, 1.82) is 0 Å². The number of amides is 1. The molecule has 28 heavy (non-hydrogen) atoms. The third-order valence-corrected chi connectivity index (χ3v) is 5.47. The van der Waals surface area contributed by atoms with Crippen LogP contribution in [0.2, 0.25) is 0 Å². The van der Waals surface area contributed by atoms with Gasteiger partial charge in [0.05, 0.1) is 31.5 Å². The molecule has 0 saturated heterocycles. The monoisotopic (exact) mass is 395 g/mol. The molecule has 0 bridgehead atoms. The molecular weight excluding hydrogens is 378 g/mol. The summed E-state index contributed by atoms with van der Waals surface area (Å²) in [7, 11) is 1.55. The van der Waals surface area contributed by atoms with Crippen LogP contribution in [-0.2, 0) is 11.3 Å². The second-order valence-corrected chi connectivity index (χ2v) is 7.29. The first-order chi connectivity index (χ1) is 13.6. The normalized spacial score (nSPS) is 16.7. The summed E-state index contributed by atoms with van der Waals surface area (Å²) in [6, 6.07) is 13.3. The van der Waals surface area contributed by atoms with Crippen molar-refractivity contribution in [2.45, 2.75) is 12.6 Å². The lowest BCUT2D eigenvalue weighted by Crippen LogP contribution is -2.30. The molecule has 0 aliphatic carbocycles. The summed E-state index contributed by atoms with van der Waals surface area (Å²) in [5.74, 6) is -0.989. The lowest BCUT2D eigenvalue weighted by molar-refractivity contribution is -0.130. The topological polar surface area (TPSA) is 80.0 Å². The number of hydrogen-bond donors (Lipinski definition) is 1. The van der Waals surface area contributed by atoms with E-state index in [1.54, 1.807) is 37.4 Å². The summed E-state index contributed by atoms with van der Waals surface area (Å²) >= 11 is 1.50. The van der Waals surface area contributed by atoms with Gasteiger partial charge in [-0.2, -0.15) is 0 Å². The van der Waals surface area contributed by atoms with Crippen molar-refractivity contribution in [2.75, 3.05) is 7.11 Å². The summed E-state index contributed by atoms with van der Waals surface area (Å²) in [4.78, 5) is 28.3. The van der Waals surface area contributed by atoms with Gasteiger partial charge in [-0.1, -0.05) is 18.2 Å². The Morgan fingerprint density at radius 1 is 1.25 bits per heavy atom. The average Bonchev–Trinajstić information content (AvgIpc) is 3.46. The van der Waals surface area contributed by atoms with Crippen LogP contribution in [0.1, 0.15) is 27.0 Å². The van der Waals surface area contributed by atoms with E-state index < -0.39 is 23.5 Å². The molecule has 1 amide bonds. The number of carbonyl (C=O) groups excluding carboxylic acids is 2. The number of nitrogens with zero attached hydrogens (tertiary/aromatic N) is 1. The molecule has 1 unspecified atom stereocenters. The van der Waals surface area contributed by atoms with Gasteiger partial charge < -0.3 is 19.2 Å². The maximum Gasteiger partial charge on any atom is 0.290 e. The minimum Gasteiger partial charge on any atom is -0.503 e. The second-order valence-electron chi connectivity index (χ2n) is 6.26. The van der Waals surface area contributed by atoms with E-state index >= 15 is 0 Å². The summed E-state index contributed by atoms with van der Waals surface area (Å²) in [5, 5.41) is 12.5. The molecule has 0 radical (unpaired) electrons. The molecule has 6 nitrogen and oxygen atoms in total. The minimum atomic E-state index is -0.748. The lowest BCUT2D eigenvalue weighted by Gasteiger charge is -2.26. The van der Waals surface area contributed by atoms with Crippen molar-refractivity contribution < 1.29 is 23.8 Å². The lowest BCUT2D eigenvalue weighted by atomic mass is 9.95. The third-order valence-electron chi connectivity index (χ3n) is 4.61. The molecule has 0 saturated carbocycles. The summed E-state index contributed by atoms with van der Waals surface area (Å²) in [6.45, 7) is 0.275. The molecule has 1 atom stereocenters. The van der Waals surface area contributed by atoms with Crippen LogP contribution in [0.5, 0.6) is 5.75 Å². The predicted molar refractivity (Wildman–Crippen MR) is 103 cm³/mol. The number of ether oxygens (including phenoxy) is 1. The van der Waals surface area contributed by atoms with Crippen LogP contribution in [0.4, 0.5) is 0 Å². The summed E-state index contributed by atoms with van der Waals surface area (Å²) in [6.07, 6.45) is 1.38. The van der Waals surface area contributed by atoms with Crippen LogP contribution in [-0.4, -0.2) is 28.8 Å². The number of aliphatic hydroxyl groups is 1. The molecule has 0 fully saturated rings. The van der Waals surface area contributed by atoms with Gasteiger partial charge in [0.25, 0.3) is 5.91 Å². The van der Waals surface area contributed by atoms with E-state index in [-0.39, 0.29) is 17.9 Å². The molecule has 7 heteroatoms. The molecule has 3 heterocycles. The zero-order valence-corrected chi connectivity index (χ0v) is 15.8. The largest absolute Gasteiger partial charge is 0.503 e. The highest BCUT2D eigenvalue weighted by molar-refractivity contribution is 7.09. The molecule has 4 rings (SSSR count). The Morgan fingerprint density at radius 3 is 2.79 bits per heavy atom. The van der Waals surface area contributed by atoms with Gasteiger partial charge in [-0.25, -0.2) is 0 Å². The maximum atomic E-state index is 13.0. The highest BCUT2D eigenvalue weighted by Crippen LogP contribution is 2.41. The predicted octanol–water partition coefficient (Wildman–Crippen LogP) is 4.13. The van der Waals surface area contributed by atoms with E-state index in [1.807, 2.05) is 17.5 Å². The van der Waals surface area contributed by atoms with Gasteiger partial charge in [-0.3, -0.25) is 9.59 Å². The Kier molecular flexibility index (Phi) is 4.75. The van der Waals surface area contributed by atoms with Crippen molar-refractivity contribution in [3.8, 4) is 5.75 Å². The zero-order chi connectivity index (χ0) is 19.7. The van der Waals surface area contributed by atoms with Gasteiger partial charge >= 0.3 is 0 Å². The Hall–Kier alpha value is -3.32. The standard InChI is InChI=1S/C21H17NO5S/c1-26-14-6-2-5-13(11-14)18-17(19(23)16-8-3-9-27-16)20(24)21(25)22(18)12-15-7-4-10-28-15/h2-11,18,24H,12H2,1H3. The van der Waals surface area contributed by atoms with E-state index in [0.717, 1.165) is 4.88 Å². The number of methoxy groups -OCH3 is 1. The molecule has 0 spiro atoms. The number of thiophene rings is 1. The summed E-state index contributed by atoms with van der Waals surface area (Å²) in [5.41, 5.74) is 0.674. The van der Waals surface area contributed by atoms with Crippen molar-refractivity contribution in [1.82, 2.24) is 4.90 Å². The second kappa shape index (κ2) is 7.36. The fraction of sp³-hybridized carbons (Fsp3) is 0.143. The van der Waals surface area contributed by atoms with E-state index in [2.05, 4.69) is 0 Å². The number of carbonyl (C=O) groups is 2. The third kappa shape index (κ3) is 3.10. The molecule has 1 N–H and O–H groups in total. The van der Waals surface area contributed by atoms with Crippen LogP contribution in [0.3, 0.4) is 0 Å². The maximum absolute atomic E-state index is 13.0. The van der Waals surface area contributed by atoms with Crippen LogP contribution in [0.25, 0.3) is 0 Å². The molecule has 1 aliphatic rings. The minimum absolute atomic E-state index is 0.00441. The molecule has 1 aliphatic heterocycles. The quantitative estimate of drug-likeness (QED) is 0.635. The van der Waals surface area contributed by atoms with Crippen LogP contribution in [0, 0.1) is 0 Å². The van der Waals surface area contributed by atoms with Gasteiger partial charge in [0.2, 0.25) is 5.78 Å². The molecule has 1 aromatic carbocycles. The SMILES string of the molecule is COc1cccc(C2C(C(=O)c3ccco3)=C(O)C(=O)N2Cc2cccs2)c1. The number of furan rings is 1. The molecule has 2 aromatic heterocycles. The van der Waals surface area contributed by atoms with Gasteiger partial charge in [-0.15, -0.1) is 11.3 Å².